The van der Waals surface area contributed by atoms with Gasteiger partial charge in [-0.15, -0.1) is 0 Å². The quantitative estimate of drug-likeness (QED) is 0.646. The third-order valence-electron chi connectivity index (χ3n) is 1.51. The van der Waals surface area contributed by atoms with E-state index in [0.717, 1.165) is 0 Å². The van der Waals surface area contributed by atoms with E-state index < -0.39 is 5.82 Å². The van der Waals surface area contributed by atoms with Gasteiger partial charge in [0.15, 0.2) is 5.82 Å². The third kappa shape index (κ3) is 0.886. The number of fused-ring (bicyclic) bond motifs is 1. The molecule has 0 atom stereocenters. The second-order valence-electron chi connectivity index (χ2n) is 2.19. The van der Waals surface area contributed by atoms with Crippen molar-refractivity contribution in [3.05, 3.63) is 29.2 Å². The maximum absolute atomic E-state index is 13.0. The summed E-state index contributed by atoms with van der Waals surface area (Å²) in [7, 11) is 0. The molecule has 11 heavy (non-hydrogen) atoms. The van der Waals surface area contributed by atoms with Crippen molar-refractivity contribution in [2.24, 2.45) is 0 Å². The number of halogens is 2. The van der Waals surface area contributed by atoms with Gasteiger partial charge in [0.05, 0.1) is 22.1 Å². The molecule has 0 fully saturated rings. The van der Waals surface area contributed by atoms with Crippen LogP contribution < -0.4 is 0 Å². The summed E-state index contributed by atoms with van der Waals surface area (Å²) in [5, 5.41) is 6.87. The third-order valence-corrected chi connectivity index (χ3v) is 1.80. The lowest BCUT2D eigenvalue weighted by Gasteiger charge is -1.92. The second-order valence-corrected chi connectivity index (χ2v) is 2.60. The van der Waals surface area contributed by atoms with Crippen molar-refractivity contribution in [2.45, 2.75) is 0 Å². The first-order valence-electron chi connectivity index (χ1n) is 3.06. The highest BCUT2D eigenvalue weighted by Gasteiger charge is 2.05. The lowest BCUT2D eigenvalue weighted by Crippen LogP contribution is -1.76. The number of rotatable bonds is 0. The predicted molar refractivity (Wildman–Crippen MR) is 41.1 cm³/mol. The summed E-state index contributed by atoms with van der Waals surface area (Å²) in [6.07, 6.45) is 1.41. The van der Waals surface area contributed by atoms with Crippen LogP contribution in [0.3, 0.4) is 0 Å². The molecule has 0 aliphatic rings. The average Bonchev–Trinajstić information content (AvgIpc) is 2.45. The van der Waals surface area contributed by atoms with Crippen LogP contribution in [-0.2, 0) is 0 Å². The summed E-state index contributed by atoms with van der Waals surface area (Å²) >= 11 is 5.53. The van der Waals surface area contributed by atoms with E-state index in [1.807, 2.05) is 0 Å². The zero-order valence-electron chi connectivity index (χ0n) is 5.44. The van der Waals surface area contributed by atoms with E-state index in [1.165, 1.54) is 12.3 Å². The Balaban J connectivity index is 2.93. The average molecular weight is 171 g/mol. The Labute approximate surface area is 67.0 Å². The first-order chi connectivity index (χ1) is 5.29. The molecule has 0 spiro atoms. The number of aromatic amines is 1. The maximum atomic E-state index is 13.0. The van der Waals surface area contributed by atoms with Crippen LogP contribution in [0, 0.1) is 5.82 Å². The van der Waals surface area contributed by atoms with Gasteiger partial charge in [0, 0.05) is 0 Å². The van der Waals surface area contributed by atoms with Gasteiger partial charge in [-0.3, -0.25) is 5.10 Å². The van der Waals surface area contributed by atoms with Gasteiger partial charge in [0.25, 0.3) is 0 Å². The molecule has 2 nitrogen and oxygen atoms in total. The molecule has 0 unspecified atom stereocenters. The van der Waals surface area contributed by atoms with Gasteiger partial charge >= 0.3 is 0 Å². The van der Waals surface area contributed by atoms with Crippen molar-refractivity contribution in [1.29, 1.82) is 0 Å². The molecule has 2 aromatic rings. The Kier molecular flexibility index (Phi) is 1.32. The summed E-state index contributed by atoms with van der Waals surface area (Å²) in [5.74, 6) is -0.419. The van der Waals surface area contributed by atoms with E-state index in [2.05, 4.69) is 10.2 Å². The van der Waals surface area contributed by atoms with Crippen molar-refractivity contribution in [1.82, 2.24) is 10.2 Å². The van der Waals surface area contributed by atoms with Crippen LogP contribution in [0.4, 0.5) is 4.39 Å². The number of H-pyrrole nitrogens is 1. The van der Waals surface area contributed by atoms with E-state index in [0.29, 0.717) is 10.9 Å². The number of hydrogen-bond donors (Lipinski definition) is 1. The van der Waals surface area contributed by atoms with E-state index in [1.54, 1.807) is 6.07 Å². The monoisotopic (exact) mass is 170 g/mol. The normalized spacial score (nSPS) is 10.7. The second kappa shape index (κ2) is 2.20. The highest BCUT2D eigenvalue weighted by Crippen LogP contribution is 2.22. The summed E-state index contributed by atoms with van der Waals surface area (Å²) in [6, 6.07) is 3.19. The number of hydrogen-bond acceptors (Lipinski definition) is 1. The predicted octanol–water partition coefficient (Wildman–Crippen LogP) is 2.36. The molecular weight excluding hydrogens is 167 g/mol. The van der Waals surface area contributed by atoms with Crippen LogP contribution in [0.5, 0.6) is 0 Å². The molecule has 56 valence electrons. The molecule has 0 amide bonds. The van der Waals surface area contributed by atoms with Crippen LogP contribution >= 0.6 is 11.6 Å². The van der Waals surface area contributed by atoms with Crippen LogP contribution in [0.2, 0.25) is 5.02 Å². The number of benzene rings is 1. The van der Waals surface area contributed by atoms with Gasteiger partial charge in [0.2, 0.25) is 0 Å². The molecule has 0 bridgehead atoms. The zero-order chi connectivity index (χ0) is 7.84. The Morgan fingerprint density at radius 3 is 3.09 bits per heavy atom. The van der Waals surface area contributed by atoms with E-state index >= 15 is 0 Å². The molecular formula is C7H4ClFN2. The van der Waals surface area contributed by atoms with Crippen molar-refractivity contribution >= 4 is 22.5 Å². The smallest absolute Gasteiger partial charge is 0.152 e. The topological polar surface area (TPSA) is 28.7 Å². The largest absolute Gasteiger partial charge is 0.278 e. The Bertz CT molecular complexity index is 396. The molecule has 0 saturated carbocycles. The molecule has 0 saturated heterocycles. The first kappa shape index (κ1) is 6.61. The first-order valence-corrected chi connectivity index (χ1v) is 3.44. The Morgan fingerprint density at radius 1 is 1.45 bits per heavy atom. The Hall–Kier alpha value is -1.09. The van der Waals surface area contributed by atoms with Gasteiger partial charge in [0.1, 0.15) is 0 Å². The molecule has 1 aromatic carbocycles. The van der Waals surface area contributed by atoms with Gasteiger partial charge in [-0.05, 0) is 12.1 Å². The van der Waals surface area contributed by atoms with Crippen molar-refractivity contribution in [2.75, 3.05) is 0 Å². The molecule has 1 aromatic heterocycles. The fourth-order valence-electron chi connectivity index (χ4n) is 0.956. The van der Waals surface area contributed by atoms with E-state index in [-0.39, 0.29) is 5.02 Å². The number of aromatic nitrogens is 2. The summed E-state index contributed by atoms with van der Waals surface area (Å²) in [5.41, 5.74) is 0.659. The molecule has 0 radical (unpaired) electrons. The lowest BCUT2D eigenvalue weighted by molar-refractivity contribution is 0.640. The standard InChI is InChI=1S/C7H4ClFN2/c8-5-1-2-6-4(7(5)9)3-10-11-6/h1-3H,(H,10,11). The SMILES string of the molecule is Fc1c(Cl)ccc2[nH]ncc12. The Morgan fingerprint density at radius 2 is 2.27 bits per heavy atom. The van der Waals surface area contributed by atoms with Crippen LogP contribution in [0.1, 0.15) is 0 Å². The van der Waals surface area contributed by atoms with Gasteiger partial charge in [-0.2, -0.15) is 5.10 Å². The van der Waals surface area contributed by atoms with Crippen LogP contribution in [-0.4, -0.2) is 10.2 Å². The summed E-state index contributed by atoms with van der Waals surface area (Å²) < 4.78 is 13.0. The minimum atomic E-state index is -0.419. The fourth-order valence-corrected chi connectivity index (χ4v) is 1.12. The van der Waals surface area contributed by atoms with E-state index in [4.69, 9.17) is 11.6 Å². The van der Waals surface area contributed by atoms with Gasteiger partial charge in [-0.1, -0.05) is 11.6 Å². The minimum absolute atomic E-state index is 0.124. The summed E-state index contributed by atoms with van der Waals surface area (Å²) in [6.45, 7) is 0. The maximum Gasteiger partial charge on any atom is 0.152 e. The number of nitrogens with zero attached hydrogens (tertiary/aromatic N) is 1. The van der Waals surface area contributed by atoms with Crippen LogP contribution in [0.25, 0.3) is 10.9 Å². The minimum Gasteiger partial charge on any atom is -0.278 e. The van der Waals surface area contributed by atoms with Gasteiger partial charge < -0.3 is 0 Å². The summed E-state index contributed by atoms with van der Waals surface area (Å²) in [4.78, 5) is 0. The highest BCUT2D eigenvalue weighted by atomic mass is 35.5. The molecule has 0 aliphatic carbocycles. The van der Waals surface area contributed by atoms with Crippen molar-refractivity contribution in [3.63, 3.8) is 0 Å². The van der Waals surface area contributed by atoms with Crippen LogP contribution in [0.15, 0.2) is 18.3 Å². The zero-order valence-corrected chi connectivity index (χ0v) is 6.19. The lowest BCUT2D eigenvalue weighted by atomic mass is 10.2. The van der Waals surface area contributed by atoms with Crippen molar-refractivity contribution in [3.8, 4) is 0 Å². The number of nitrogens with one attached hydrogen (secondary N) is 1. The molecule has 1 heterocycles. The van der Waals surface area contributed by atoms with E-state index in [9.17, 15) is 4.39 Å². The molecule has 1 N–H and O–H groups in total. The van der Waals surface area contributed by atoms with Crippen molar-refractivity contribution < 1.29 is 4.39 Å². The van der Waals surface area contributed by atoms with Gasteiger partial charge in [-0.25, -0.2) is 4.39 Å². The molecule has 0 aliphatic heterocycles. The molecule has 4 heteroatoms. The highest BCUT2D eigenvalue weighted by molar-refractivity contribution is 6.31. The molecule has 2 rings (SSSR count). The fraction of sp³-hybridized carbons (Fsp3) is 0.